The zero-order valence-electron chi connectivity index (χ0n) is 9.60. The van der Waals surface area contributed by atoms with Crippen molar-refractivity contribution in [2.24, 2.45) is 0 Å². The summed E-state index contributed by atoms with van der Waals surface area (Å²) in [4.78, 5) is 10.2. The zero-order valence-corrected chi connectivity index (χ0v) is 9.60. The van der Waals surface area contributed by atoms with Crippen LogP contribution in [0.25, 0.3) is 0 Å². The van der Waals surface area contributed by atoms with Crippen molar-refractivity contribution in [3.63, 3.8) is 0 Å². The van der Waals surface area contributed by atoms with E-state index < -0.39 is 4.92 Å². The van der Waals surface area contributed by atoms with Gasteiger partial charge in [0.25, 0.3) is 5.69 Å². The molecule has 0 atom stereocenters. The Balaban J connectivity index is 2.76. The van der Waals surface area contributed by atoms with Crippen LogP contribution in [0.3, 0.4) is 0 Å². The predicted molar refractivity (Wildman–Crippen MR) is 64.8 cm³/mol. The van der Waals surface area contributed by atoms with Crippen LogP contribution in [0.15, 0.2) is 18.2 Å². The first-order valence-corrected chi connectivity index (χ1v) is 5.14. The standard InChI is InChI=1S/C12H14N2O3/c1-3-4-7-13-9-10-8-11(14(15)16)5-6-12(10)17-2/h1,5-6,8,13H,4,7,9H2,2H3. The maximum absolute atomic E-state index is 10.6. The minimum atomic E-state index is -0.426. The molecule has 0 saturated heterocycles. The van der Waals surface area contributed by atoms with Crippen molar-refractivity contribution in [3.05, 3.63) is 33.9 Å². The predicted octanol–water partition coefficient (Wildman–Crippen LogP) is 1.72. The molecule has 0 unspecified atom stereocenters. The summed E-state index contributed by atoms with van der Waals surface area (Å²) < 4.78 is 5.13. The van der Waals surface area contributed by atoms with E-state index in [9.17, 15) is 10.1 Å². The fourth-order valence-corrected chi connectivity index (χ4v) is 1.40. The third-order valence-corrected chi connectivity index (χ3v) is 2.24. The Labute approximate surface area is 99.9 Å². The molecule has 0 spiro atoms. The molecule has 5 heteroatoms. The summed E-state index contributed by atoms with van der Waals surface area (Å²) in [6.45, 7) is 1.16. The summed E-state index contributed by atoms with van der Waals surface area (Å²) in [5.74, 6) is 3.14. The van der Waals surface area contributed by atoms with Gasteiger partial charge in [-0.15, -0.1) is 12.3 Å². The van der Waals surface area contributed by atoms with Gasteiger partial charge in [-0.05, 0) is 6.07 Å². The molecule has 0 heterocycles. The van der Waals surface area contributed by atoms with Crippen LogP contribution in [-0.2, 0) is 6.54 Å². The monoisotopic (exact) mass is 234 g/mol. The van der Waals surface area contributed by atoms with Gasteiger partial charge in [0, 0.05) is 37.2 Å². The van der Waals surface area contributed by atoms with Crippen molar-refractivity contribution in [1.82, 2.24) is 5.32 Å². The smallest absolute Gasteiger partial charge is 0.270 e. The van der Waals surface area contributed by atoms with Gasteiger partial charge < -0.3 is 10.1 Å². The number of rotatable bonds is 6. The zero-order chi connectivity index (χ0) is 12.7. The van der Waals surface area contributed by atoms with E-state index in [-0.39, 0.29) is 5.69 Å². The van der Waals surface area contributed by atoms with Gasteiger partial charge in [0.15, 0.2) is 0 Å². The minimum Gasteiger partial charge on any atom is -0.496 e. The Morgan fingerprint density at radius 1 is 1.59 bits per heavy atom. The fourth-order valence-electron chi connectivity index (χ4n) is 1.40. The Morgan fingerprint density at radius 3 is 2.94 bits per heavy atom. The van der Waals surface area contributed by atoms with Gasteiger partial charge in [-0.25, -0.2) is 0 Å². The lowest BCUT2D eigenvalue weighted by atomic mass is 10.1. The molecule has 0 fully saturated rings. The van der Waals surface area contributed by atoms with Gasteiger partial charge >= 0.3 is 0 Å². The van der Waals surface area contributed by atoms with E-state index in [4.69, 9.17) is 11.2 Å². The summed E-state index contributed by atoms with van der Waals surface area (Å²) in [7, 11) is 1.53. The molecule has 0 amide bonds. The first kappa shape index (κ1) is 13.0. The second kappa shape index (κ2) is 6.51. The van der Waals surface area contributed by atoms with Crippen LogP contribution < -0.4 is 10.1 Å². The molecular weight excluding hydrogens is 220 g/mol. The van der Waals surface area contributed by atoms with E-state index >= 15 is 0 Å². The van der Waals surface area contributed by atoms with Crippen molar-refractivity contribution >= 4 is 5.69 Å². The quantitative estimate of drug-likeness (QED) is 0.352. The molecule has 0 saturated carbocycles. The lowest BCUT2D eigenvalue weighted by molar-refractivity contribution is -0.384. The van der Waals surface area contributed by atoms with Crippen molar-refractivity contribution in [2.75, 3.05) is 13.7 Å². The molecule has 0 aliphatic heterocycles. The van der Waals surface area contributed by atoms with E-state index in [2.05, 4.69) is 11.2 Å². The SMILES string of the molecule is C#CCCNCc1cc([N+](=O)[O-])ccc1OC. The number of benzene rings is 1. The number of hydrogen-bond donors (Lipinski definition) is 1. The Bertz CT molecular complexity index is 438. The summed E-state index contributed by atoms with van der Waals surface area (Å²) in [5.41, 5.74) is 0.804. The second-order valence-electron chi connectivity index (χ2n) is 3.38. The molecule has 1 aromatic carbocycles. The lowest BCUT2D eigenvalue weighted by Gasteiger charge is -2.08. The first-order valence-electron chi connectivity index (χ1n) is 5.14. The summed E-state index contributed by atoms with van der Waals surface area (Å²) >= 11 is 0. The number of ether oxygens (including phenoxy) is 1. The van der Waals surface area contributed by atoms with E-state index in [0.29, 0.717) is 25.3 Å². The number of hydrogen-bond acceptors (Lipinski definition) is 4. The summed E-state index contributed by atoms with van der Waals surface area (Å²) in [5, 5.41) is 13.7. The molecule has 5 nitrogen and oxygen atoms in total. The van der Waals surface area contributed by atoms with E-state index in [1.54, 1.807) is 6.07 Å². The largest absolute Gasteiger partial charge is 0.496 e. The number of nitrogens with one attached hydrogen (secondary N) is 1. The van der Waals surface area contributed by atoms with Gasteiger partial charge in [-0.1, -0.05) is 0 Å². The summed E-state index contributed by atoms with van der Waals surface area (Å²) in [6, 6.07) is 4.52. The molecule has 17 heavy (non-hydrogen) atoms. The van der Waals surface area contributed by atoms with Crippen molar-refractivity contribution in [3.8, 4) is 18.1 Å². The molecule has 1 aromatic rings. The van der Waals surface area contributed by atoms with E-state index in [0.717, 1.165) is 5.56 Å². The van der Waals surface area contributed by atoms with Crippen LogP contribution in [-0.4, -0.2) is 18.6 Å². The second-order valence-corrected chi connectivity index (χ2v) is 3.38. The van der Waals surface area contributed by atoms with Gasteiger partial charge in [-0.3, -0.25) is 10.1 Å². The molecule has 90 valence electrons. The fraction of sp³-hybridized carbons (Fsp3) is 0.333. The molecule has 0 aliphatic rings. The molecule has 1 rings (SSSR count). The Morgan fingerprint density at radius 2 is 2.35 bits per heavy atom. The van der Waals surface area contributed by atoms with Gasteiger partial charge in [0.05, 0.1) is 12.0 Å². The Kier molecular flexibility index (Phi) is 4.98. The highest BCUT2D eigenvalue weighted by molar-refractivity contribution is 5.43. The number of nitrogens with zero attached hydrogens (tertiary/aromatic N) is 1. The normalized spacial score (nSPS) is 9.65. The molecule has 0 aliphatic carbocycles. The molecule has 0 radical (unpaired) electrons. The summed E-state index contributed by atoms with van der Waals surface area (Å²) in [6.07, 6.45) is 5.75. The number of methoxy groups -OCH3 is 1. The minimum absolute atomic E-state index is 0.0551. The highest BCUT2D eigenvalue weighted by Gasteiger charge is 2.10. The first-order chi connectivity index (χ1) is 8.19. The third-order valence-electron chi connectivity index (χ3n) is 2.24. The van der Waals surface area contributed by atoms with Gasteiger partial charge in [0.1, 0.15) is 5.75 Å². The van der Waals surface area contributed by atoms with Crippen LogP contribution in [0.2, 0.25) is 0 Å². The highest BCUT2D eigenvalue weighted by Crippen LogP contribution is 2.23. The van der Waals surface area contributed by atoms with Crippen molar-refractivity contribution in [1.29, 1.82) is 0 Å². The molecule has 0 aromatic heterocycles. The maximum atomic E-state index is 10.6. The number of non-ortho nitro benzene ring substituents is 1. The topological polar surface area (TPSA) is 64.4 Å². The maximum Gasteiger partial charge on any atom is 0.270 e. The molecule has 1 N–H and O–H groups in total. The van der Waals surface area contributed by atoms with Crippen LogP contribution in [0.4, 0.5) is 5.69 Å². The van der Waals surface area contributed by atoms with Crippen molar-refractivity contribution < 1.29 is 9.66 Å². The van der Waals surface area contributed by atoms with Crippen LogP contribution >= 0.6 is 0 Å². The number of terminal acetylenes is 1. The van der Waals surface area contributed by atoms with E-state index in [1.165, 1.54) is 19.2 Å². The highest BCUT2D eigenvalue weighted by atomic mass is 16.6. The number of nitro benzene ring substituents is 1. The number of nitro groups is 1. The van der Waals surface area contributed by atoms with Gasteiger partial charge in [0.2, 0.25) is 0 Å². The van der Waals surface area contributed by atoms with Crippen LogP contribution in [0.1, 0.15) is 12.0 Å². The third kappa shape index (κ3) is 3.78. The van der Waals surface area contributed by atoms with Crippen LogP contribution in [0.5, 0.6) is 5.75 Å². The Hall–Kier alpha value is -2.06. The molecular formula is C12H14N2O3. The van der Waals surface area contributed by atoms with Crippen molar-refractivity contribution in [2.45, 2.75) is 13.0 Å². The average molecular weight is 234 g/mol. The molecule has 0 bridgehead atoms. The van der Waals surface area contributed by atoms with Crippen LogP contribution in [0, 0.1) is 22.5 Å². The lowest BCUT2D eigenvalue weighted by Crippen LogP contribution is -2.15. The van der Waals surface area contributed by atoms with E-state index in [1.807, 2.05) is 0 Å². The van der Waals surface area contributed by atoms with Gasteiger partial charge in [-0.2, -0.15) is 0 Å². The average Bonchev–Trinajstić information content (AvgIpc) is 2.34.